The maximum absolute atomic E-state index is 13.3. The Balaban J connectivity index is 2.35. The largest absolute Gasteiger partial charge is 0.414 e. The molecule has 0 spiro atoms. The fraction of sp³-hybridized carbons (Fsp3) is 0.759. The SMILES string of the molecule is CO[C@H]1C(C[C@@H](CO[Si](C)(C)C(C)(C)C)O[Si](C)(C)C(C)(C)C)OC(CC=O)C1CS(=O)(=O)c1ccccc1. The first-order valence-corrected chi connectivity index (χ1v) is 21.4. The van der Waals surface area contributed by atoms with E-state index in [9.17, 15) is 13.2 Å². The van der Waals surface area contributed by atoms with Gasteiger partial charge in [0.05, 0.1) is 41.7 Å². The molecule has 1 aliphatic heterocycles. The minimum atomic E-state index is -3.60. The van der Waals surface area contributed by atoms with E-state index in [-0.39, 0.29) is 33.2 Å². The van der Waals surface area contributed by atoms with Gasteiger partial charge >= 0.3 is 0 Å². The zero-order valence-electron chi connectivity index (χ0n) is 25.9. The van der Waals surface area contributed by atoms with Crippen molar-refractivity contribution in [1.29, 1.82) is 0 Å². The van der Waals surface area contributed by atoms with Gasteiger partial charge in [-0.2, -0.15) is 0 Å². The highest BCUT2D eigenvalue weighted by atomic mass is 32.2. The molecule has 2 rings (SSSR count). The number of benzene rings is 1. The number of carbonyl (C=O) groups is 1. The van der Waals surface area contributed by atoms with Crippen LogP contribution in [-0.2, 0) is 33.0 Å². The summed E-state index contributed by atoms with van der Waals surface area (Å²) in [5.74, 6) is -0.635. The van der Waals surface area contributed by atoms with E-state index in [4.69, 9.17) is 18.3 Å². The van der Waals surface area contributed by atoms with Crippen molar-refractivity contribution in [3.63, 3.8) is 0 Å². The summed E-state index contributed by atoms with van der Waals surface area (Å²) in [6.07, 6.45) is -0.307. The van der Waals surface area contributed by atoms with Gasteiger partial charge in [-0.15, -0.1) is 0 Å². The van der Waals surface area contributed by atoms with Crippen LogP contribution in [0, 0.1) is 5.92 Å². The quantitative estimate of drug-likeness (QED) is 0.195. The molecule has 224 valence electrons. The van der Waals surface area contributed by atoms with Crippen LogP contribution >= 0.6 is 0 Å². The molecule has 0 radical (unpaired) electrons. The molecule has 3 unspecified atom stereocenters. The maximum Gasteiger partial charge on any atom is 0.192 e. The number of hydrogen-bond donors (Lipinski definition) is 0. The summed E-state index contributed by atoms with van der Waals surface area (Å²) < 4.78 is 52.4. The molecule has 1 fully saturated rings. The van der Waals surface area contributed by atoms with Gasteiger partial charge in [0, 0.05) is 25.9 Å². The van der Waals surface area contributed by atoms with Gasteiger partial charge in [-0.3, -0.25) is 0 Å². The van der Waals surface area contributed by atoms with Crippen molar-refractivity contribution < 1.29 is 31.5 Å². The summed E-state index contributed by atoms with van der Waals surface area (Å²) in [4.78, 5) is 11.8. The molecule has 0 N–H and O–H groups in total. The molecule has 1 heterocycles. The van der Waals surface area contributed by atoms with E-state index in [0.29, 0.717) is 13.0 Å². The van der Waals surface area contributed by atoms with Crippen LogP contribution in [0.1, 0.15) is 54.4 Å². The van der Waals surface area contributed by atoms with E-state index in [1.54, 1.807) is 37.4 Å². The van der Waals surface area contributed by atoms with Crippen molar-refractivity contribution in [1.82, 2.24) is 0 Å². The van der Waals surface area contributed by atoms with Gasteiger partial charge < -0.3 is 23.1 Å². The minimum absolute atomic E-state index is 0.00572. The Morgan fingerprint density at radius 3 is 2.00 bits per heavy atom. The lowest BCUT2D eigenvalue weighted by molar-refractivity contribution is -0.111. The van der Waals surface area contributed by atoms with Gasteiger partial charge in [0.25, 0.3) is 0 Å². The predicted molar refractivity (Wildman–Crippen MR) is 162 cm³/mol. The smallest absolute Gasteiger partial charge is 0.192 e. The van der Waals surface area contributed by atoms with E-state index in [1.807, 2.05) is 0 Å². The topological polar surface area (TPSA) is 88.1 Å². The number of rotatable bonds is 13. The average molecular weight is 601 g/mol. The van der Waals surface area contributed by atoms with E-state index < -0.39 is 50.7 Å². The molecular formula is C29H52O7SSi2. The highest BCUT2D eigenvalue weighted by Crippen LogP contribution is 2.41. The first-order chi connectivity index (χ1) is 17.8. The fourth-order valence-electron chi connectivity index (χ4n) is 4.43. The van der Waals surface area contributed by atoms with Gasteiger partial charge in [-0.1, -0.05) is 59.7 Å². The Kier molecular flexibility index (Phi) is 11.4. The van der Waals surface area contributed by atoms with Crippen molar-refractivity contribution >= 4 is 32.8 Å². The number of carbonyl (C=O) groups excluding carboxylic acids is 1. The van der Waals surface area contributed by atoms with Crippen molar-refractivity contribution in [3.8, 4) is 0 Å². The molecule has 1 aliphatic rings. The van der Waals surface area contributed by atoms with Gasteiger partial charge in [-0.05, 0) is 48.4 Å². The highest BCUT2D eigenvalue weighted by molar-refractivity contribution is 7.91. The van der Waals surface area contributed by atoms with Crippen molar-refractivity contribution in [3.05, 3.63) is 30.3 Å². The molecular weight excluding hydrogens is 549 g/mol. The Bertz CT molecular complexity index is 1030. The second kappa shape index (κ2) is 13.0. The van der Waals surface area contributed by atoms with Crippen LogP contribution < -0.4 is 0 Å². The molecule has 0 aliphatic carbocycles. The molecule has 10 heteroatoms. The monoisotopic (exact) mass is 600 g/mol. The molecule has 5 atom stereocenters. The van der Waals surface area contributed by atoms with Gasteiger partial charge in [-0.25, -0.2) is 8.42 Å². The number of sulfone groups is 1. The van der Waals surface area contributed by atoms with E-state index in [2.05, 4.69) is 67.7 Å². The van der Waals surface area contributed by atoms with Crippen molar-refractivity contribution in [2.24, 2.45) is 5.92 Å². The van der Waals surface area contributed by atoms with Crippen LogP contribution in [0.2, 0.25) is 36.3 Å². The summed E-state index contributed by atoms with van der Waals surface area (Å²) in [6.45, 7) is 22.6. The Morgan fingerprint density at radius 2 is 1.51 bits per heavy atom. The minimum Gasteiger partial charge on any atom is -0.414 e. The third-order valence-electron chi connectivity index (χ3n) is 8.93. The molecule has 1 aromatic rings. The van der Waals surface area contributed by atoms with Gasteiger partial charge in [0.1, 0.15) is 6.29 Å². The van der Waals surface area contributed by atoms with Crippen LogP contribution in [0.3, 0.4) is 0 Å². The van der Waals surface area contributed by atoms with Crippen molar-refractivity contribution in [2.45, 2.75) is 120 Å². The van der Waals surface area contributed by atoms with E-state index in [0.717, 1.165) is 6.29 Å². The van der Waals surface area contributed by atoms with Crippen LogP contribution in [0.4, 0.5) is 0 Å². The molecule has 39 heavy (non-hydrogen) atoms. The number of methoxy groups -OCH3 is 1. The summed E-state index contributed by atoms with van der Waals surface area (Å²) in [6, 6.07) is 8.40. The normalized spacial score (nSPS) is 24.1. The van der Waals surface area contributed by atoms with E-state index in [1.165, 1.54) is 0 Å². The summed E-state index contributed by atoms with van der Waals surface area (Å²) in [5, 5.41) is 0.0607. The van der Waals surface area contributed by atoms with Crippen LogP contribution in [0.15, 0.2) is 35.2 Å². The predicted octanol–water partition coefficient (Wildman–Crippen LogP) is 6.25. The maximum atomic E-state index is 13.3. The molecule has 0 saturated carbocycles. The van der Waals surface area contributed by atoms with Gasteiger partial charge in [0.15, 0.2) is 26.5 Å². The first kappa shape index (κ1) is 34.3. The zero-order valence-corrected chi connectivity index (χ0v) is 28.8. The van der Waals surface area contributed by atoms with Crippen LogP contribution in [-0.4, -0.2) is 75.2 Å². The lowest BCUT2D eigenvalue weighted by atomic mass is 9.94. The molecule has 0 bridgehead atoms. The fourth-order valence-corrected chi connectivity index (χ4v) is 8.49. The third kappa shape index (κ3) is 8.80. The number of aldehydes is 1. The Hall–Kier alpha value is -0.886. The molecule has 0 aromatic heterocycles. The molecule has 1 saturated heterocycles. The third-order valence-corrected chi connectivity index (χ3v) is 19.8. The Labute approximate surface area is 239 Å². The molecule has 0 amide bonds. The average Bonchev–Trinajstić information content (AvgIpc) is 3.11. The summed E-state index contributed by atoms with van der Waals surface area (Å²) >= 11 is 0. The number of hydrogen-bond acceptors (Lipinski definition) is 7. The molecule has 7 nitrogen and oxygen atoms in total. The highest BCUT2D eigenvalue weighted by Gasteiger charge is 2.49. The second-order valence-electron chi connectivity index (χ2n) is 13.9. The number of ether oxygens (including phenoxy) is 2. The van der Waals surface area contributed by atoms with Gasteiger partial charge in [0.2, 0.25) is 0 Å². The zero-order chi connectivity index (χ0) is 29.9. The Morgan fingerprint density at radius 1 is 0.949 bits per heavy atom. The van der Waals surface area contributed by atoms with Crippen LogP contribution in [0.5, 0.6) is 0 Å². The first-order valence-electron chi connectivity index (χ1n) is 14.0. The second-order valence-corrected chi connectivity index (χ2v) is 25.5. The van der Waals surface area contributed by atoms with Crippen molar-refractivity contribution in [2.75, 3.05) is 19.5 Å². The standard InChI is InChI=1S/C29H52O7SSi2/c1-28(2,3)38(8,9)34-20-22(36-39(10,11)29(4,5)6)19-26-27(33-7)24(25(35-26)17-18-30)21-37(31,32)23-15-13-12-14-16-23/h12-16,18,22,24-27H,17,19-21H2,1-11H3/t22-,24?,25?,26?,27+/m0/s1. The van der Waals surface area contributed by atoms with E-state index >= 15 is 0 Å². The van der Waals surface area contributed by atoms with Crippen LogP contribution in [0.25, 0.3) is 0 Å². The lowest BCUT2D eigenvalue weighted by Gasteiger charge is -2.42. The summed E-state index contributed by atoms with van der Waals surface area (Å²) in [5.41, 5.74) is 0. The summed E-state index contributed by atoms with van der Waals surface area (Å²) in [7, 11) is -6.22. The molecule has 1 aromatic carbocycles. The lowest BCUT2D eigenvalue weighted by Crippen LogP contribution is -2.49.